The molecule has 1 aliphatic heterocycles. The summed E-state index contributed by atoms with van der Waals surface area (Å²) < 4.78 is 28.6. The van der Waals surface area contributed by atoms with Crippen LogP contribution < -0.4 is 0 Å². The average Bonchev–Trinajstić information content (AvgIpc) is 2.88. The number of carbonyl (C=O) groups is 2. The second-order valence-corrected chi connectivity index (χ2v) is 8.52. The van der Waals surface area contributed by atoms with Gasteiger partial charge in [-0.05, 0) is 42.7 Å². The van der Waals surface area contributed by atoms with Gasteiger partial charge in [-0.2, -0.15) is 0 Å². The van der Waals surface area contributed by atoms with Crippen LogP contribution in [0, 0.1) is 11.6 Å². The molecule has 1 fully saturated rings. The largest absolute Gasteiger partial charge is 0.465 e. The van der Waals surface area contributed by atoms with E-state index < -0.39 is 17.7 Å². The number of halogens is 2. The number of fused-ring (bicyclic) bond motifs is 1. The predicted molar refractivity (Wildman–Crippen MR) is 127 cm³/mol. The molecular formula is C27H21F2N3O3. The Morgan fingerprint density at radius 1 is 1.00 bits per heavy atom. The molecule has 0 spiro atoms. The summed E-state index contributed by atoms with van der Waals surface area (Å²) in [4.78, 5) is 33.9. The van der Waals surface area contributed by atoms with Crippen LogP contribution in [0.25, 0.3) is 33.3 Å². The highest BCUT2D eigenvalue weighted by molar-refractivity contribution is 6.03. The fourth-order valence-electron chi connectivity index (χ4n) is 4.69. The van der Waals surface area contributed by atoms with Gasteiger partial charge < -0.3 is 10.0 Å². The lowest BCUT2D eigenvalue weighted by Gasteiger charge is -2.30. The van der Waals surface area contributed by atoms with Crippen LogP contribution in [0.15, 0.2) is 60.8 Å². The standard InChI is InChI=1S/C27H21F2N3O3/c28-18-5-6-20(23(29)13-18)22-14-24(16-8-11-32(12-9-16)27(34)35)31-26-21(22)7-10-30-25(26)19-4-2-1-3-17(19)15-33/h1-7,10,13-16H,8-9,11-12H2,(H,34,35). The Bertz CT molecular complexity index is 1450. The first-order valence-electron chi connectivity index (χ1n) is 11.2. The van der Waals surface area contributed by atoms with Crippen molar-refractivity contribution in [3.05, 3.63) is 83.7 Å². The number of carbonyl (C=O) groups excluding carboxylic acids is 1. The third kappa shape index (κ3) is 4.23. The van der Waals surface area contributed by atoms with E-state index >= 15 is 0 Å². The molecule has 0 atom stereocenters. The van der Waals surface area contributed by atoms with Gasteiger partial charge in [0.2, 0.25) is 0 Å². The lowest BCUT2D eigenvalue weighted by Crippen LogP contribution is -2.37. The van der Waals surface area contributed by atoms with E-state index in [1.807, 2.05) is 0 Å². The van der Waals surface area contributed by atoms with Gasteiger partial charge in [0, 0.05) is 59.0 Å². The van der Waals surface area contributed by atoms with Crippen molar-refractivity contribution in [3.63, 3.8) is 0 Å². The van der Waals surface area contributed by atoms with Crippen molar-refractivity contribution in [2.24, 2.45) is 0 Å². The molecule has 0 aliphatic carbocycles. The van der Waals surface area contributed by atoms with Gasteiger partial charge in [0.15, 0.2) is 6.29 Å². The van der Waals surface area contributed by atoms with Crippen LogP contribution in [-0.4, -0.2) is 45.4 Å². The number of benzene rings is 2. The maximum atomic E-state index is 14.9. The van der Waals surface area contributed by atoms with E-state index in [0.717, 1.165) is 12.4 Å². The summed E-state index contributed by atoms with van der Waals surface area (Å²) in [7, 11) is 0. The van der Waals surface area contributed by atoms with Crippen LogP contribution in [0.3, 0.4) is 0 Å². The number of nitrogens with zero attached hydrogens (tertiary/aromatic N) is 3. The Hall–Kier alpha value is -4.20. The molecule has 8 heteroatoms. The zero-order valence-electron chi connectivity index (χ0n) is 18.6. The second kappa shape index (κ2) is 9.21. The van der Waals surface area contributed by atoms with E-state index in [-0.39, 0.29) is 11.5 Å². The molecule has 35 heavy (non-hydrogen) atoms. The Morgan fingerprint density at radius 3 is 2.49 bits per heavy atom. The smallest absolute Gasteiger partial charge is 0.407 e. The quantitative estimate of drug-likeness (QED) is 0.373. The Labute approximate surface area is 199 Å². The van der Waals surface area contributed by atoms with Crippen molar-refractivity contribution in [1.82, 2.24) is 14.9 Å². The average molecular weight is 473 g/mol. The van der Waals surface area contributed by atoms with Gasteiger partial charge in [-0.1, -0.05) is 24.3 Å². The molecule has 176 valence electrons. The highest BCUT2D eigenvalue weighted by Crippen LogP contribution is 2.38. The van der Waals surface area contributed by atoms with Crippen molar-refractivity contribution in [1.29, 1.82) is 0 Å². The highest BCUT2D eigenvalue weighted by atomic mass is 19.1. The SMILES string of the molecule is O=Cc1ccccc1-c1nccc2c(-c3ccc(F)cc3F)cc(C3CCN(C(=O)O)CC3)nc12. The Kier molecular flexibility index (Phi) is 5.94. The predicted octanol–water partition coefficient (Wildman–Crippen LogP) is 5.91. The molecule has 4 aromatic rings. The van der Waals surface area contributed by atoms with Crippen LogP contribution in [-0.2, 0) is 0 Å². The van der Waals surface area contributed by atoms with Gasteiger partial charge >= 0.3 is 6.09 Å². The third-order valence-electron chi connectivity index (χ3n) is 6.50. The molecule has 1 aliphatic rings. The zero-order valence-corrected chi connectivity index (χ0v) is 18.6. The lowest BCUT2D eigenvalue weighted by atomic mass is 9.89. The molecule has 0 saturated carbocycles. The number of rotatable bonds is 4. The summed E-state index contributed by atoms with van der Waals surface area (Å²) in [5, 5.41) is 9.91. The molecule has 2 aromatic heterocycles. The molecule has 2 aromatic carbocycles. The van der Waals surface area contributed by atoms with Gasteiger partial charge in [-0.25, -0.2) is 13.6 Å². The molecule has 0 bridgehead atoms. The summed E-state index contributed by atoms with van der Waals surface area (Å²) >= 11 is 0. The van der Waals surface area contributed by atoms with Crippen LogP contribution in [0.5, 0.6) is 0 Å². The molecule has 0 radical (unpaired) electrons. The molecule has 3 heterocycles. The first-order chi connectivity index (χ1) is 17.0. The summed E-state index contributed by atoms with van der Waals surface area (Å²) in [6, 6.07) is 14.0. The van der Waals surface area contributed by atoms with E-state index in [4.69, 9.17) is 4.98 Å². The second-order valence-electron chi connectivity index (χ2n) is 8.52. The fraction of sp³-hybridized carbons (Fsp3) is 0.185. The molecule has 6 nitrogen and oxygen atoms in total. The van der Waals surface area contributed by atoms with Gasteiger partial charge in [0.05, 0.1) is 11.2 Å². The van der Waals surface area contributed by atoms with Crippen LogP contribution in [0.2, 0.25) is 0 Å². The van der Waals surface area contributed by atoms with Gasteiger partial charge in [-0.3, -0.25) is 14.8 Å². The van der Waals surface area contributed by atoms with Gasteiger partial charge in [0.25, 0.3) is 0 Å². The zero-order chi connectivity index (χ0) is 24.5. The number of aromatic nitrogens is 2. The first-order valence-corrected chi connectivity index (χ1v) is 11.2. The van der Waals surface area contributed by atoms with Crippen molar-refractivity contribution in [3.8, 4) is 22.4 Å². The Morgan fingerprint density at radius 2 is 1.77 bits per heavy atom. The fourth-order valence-corrected chi connectivity index (χ4v) is 4.69. The minimum Gasteiger partial charge on any atom is -0.465 e. The monoisotopic (exact) mass is 473 g/mol. The third-order valence-corrected chi connectivity index (χ3v) is 6.50. The summed E-state index contributed by atoms with van der Waals surface area (Å²) in [5.74, 6) is -1.42. The van der Waals surface area contributed by atoms with E-state index in [1.54, 1.807) is 42.6 Å². The van der Waals surface area contributed by atoms with E-state index in [1.165, 1.54) is 17.0 Å². The highest BCUT2D eigenvalue weighted by Gasteiger charge is 2.26. The maximum Gasteiger partial charge on any atom is 0.407 e. The van der Waals surface area contributed by atoms with Gasteiger partial charge in [0.1, 0.15) is 11.6 Å². The number of aldehydes is 1. The minimum absolute atomic E-state index is 0.0494. The number of amides is 1. The molecular weight excluding hydrogens is 452 g/mol. The number of pyridine rings is 2. The molecule has 1 amide bonds. The van der Waals surface area contributed by atoms with E-state index in [2.05, 4.69) is 4.98 Å². The van der Waals surface area contributed by atoms with Crippen LogP contribution in [0.1, 0.15) is 34.8 Å². The maximum absolute atomic E-state index is 14.9. The van der Waals surface area contributed by atoms with Crippen molar-refractivity contribution < 1.29 is 23.5 Å². The van der Waals surface area contributed by atoms with Gasteiger partial charge in [-0.15, -0.1) is 0 Å². The minimum atomic E-state index is -0.957. The number of hydrogen-bond acceptors (Lipinski definition) is 4. The number of hydrogen-bond donors (Lipinski definition) is 1. The van der Waals surface area contributed by atoms with Crippen LogP contribution in [0.4, 0.5) is 13.6 Å². The first kappa shape index (κ1) is 22.6. The molecule has 5 rings (SSSR count). The van der Waals surface area contributed by atoms with Crippen molar-refractivity contribution >= 4 is 23.3 Å². The van der Waals surface area contributed by atoms with Crippen molar-refractivity contribution in [2.45, 2.75) is 18.8 Å². The number of piperidine rings is 1. The molecule has 0 unspecified atom stereocenters. The molecule has 1 N–H and O–H groups in total. The molecule has 1 saturated heterocycles. The summed E-state index contributed by atoms with van der Waals surface area (Å²) in [6.45, 7) is 0.738. The Balaban J connectivity index is 1.74. The lowest BCUT2D eigenvalue weighted by molar-refractivity contribution is 0.112. The van der Waals surface area contributed by atoms with Crippen LogP contribution >= 0.6 is 0 Å². The number of likely N-dealkylation sites (tertiary alicyclic amines) is 1. The number of carboxylic acid groups (broad SMARTS) is 1. The van der Waals surface area contributed by atoms with Crippen molar-refractivity contribution in [2.75, 3.05) is 13.1 Å². The normalized spacial score (nSPS) is 14.3. The topological polar surface area (TPSA) is 83.4 Å². The van der Waals surface area contributed by atoms with E-state index in [0.29, 0.717) is 64.9 Å². The summed E-state index contributed by atoms with van der Waals surface area (Å²) in [5.41, 5.74) is 3.48. The summed E-state index contributed by atoms with van der Waals surface area (Å²) in [6.07, 6.45) is 2.51. The van der Waals surface area contributed by atoms with E-state index in [9.17, 15) is 23.5 Å².